The summed E-state index contributed by atoms with van der Waals surface area (Å²) in [6, 6.07) is 1.11. The Morgan fingerprint density at radius 2 is 1.73 bits per heavy atom. The van der Waals surface area contributed by atoms with Crippen LogP contribution in [0, 0.1) is 5.82 Å². The van der Waals surface area contributed by atoms with Crippen LogP contribution in [-0.4, -0.2) is 17.6 Å². The van der Waals surface area contributed by atoms with Crippen LogP contribution in [0.15, 0.2) is 27.8 Å². The Morgan fingerprint density at radius 1 is 1.15 bits per heavy atom. The monoisotopic (exact) mass is 436 g/mol. The summed E-state index contributed by atoms with van der Waals surface area (Å²) < 4.78 is 78.9. The zero-order valence-corrected chi connectivity index (χ0v) is 14.7. The molecule has 0 N–H and O–H groups in total. The molecule has 0 radical (unpaired) electrons. The zero-order chi connectivity index (χ0) is 20.0. The molecule has 142 valence electrons. The molecule has 0 amide bonds. The number of hydrogen-bond donors (Lipinski definition) is 0. The minimum atomic E-state index is -5.01. The lowest BCUT2D eigenvalue weighted by Gasteiger charge is -2.15. The second kappa shape index (κ2) is 6.59. The zero-order valence-electron chi connectivity index (χ0n) is 12.3. The van der Waals surface area contributed by atoms with Gasteiger partial charge >= 0.3 is 21.2 Å². The highest BCUT2D eigenvalue weighted by atomic mass is 35.7. The Labute approximate surface area is 151 Å². The third-order valence-electron chi connectivity index (χ3n) is 3.04. The van der Waals surface area contributed by atoms with Crippen LogP contribution in [0.4, 0.5) is 17.6 Å². The first-order valence-electron chi connectivity index (χ1n) is 6.26. The second-order valence-corrected chi connectivity index (χ2v) is 7.25. The van der Waals surface area contributed by atoms with Crippen LogP contribution in [0.5, 0.6) is 5.75 Å². The Kier molecular flexibility index (Phi) is 5.14. The summed E-state index contributed by atoms with van der Waals surface area (Å²) in [5.74, 6) is -2.04. The predicted molar refractivity (Wildman–Crippen MR) is 82.7 cm³/mol. The lowest BCUT2D eigenvalue weighted by Crippen LogP contribution is -2.41. The standard InChI is InChI=1S/C12H6Cl2F4N2O5S/c1-19-9(12(16,17)18)4-10(21)20(11(19)22)7-3-8(25-26(14,23)24)5(13)2-6(7)15/h2-4H,1H3. The molecule has 26 heavy (non-hydrogen) atoms. The van der Waals surface area contributed by atoms with Gasteiger partial charge in [-0.15, -0.1) is 0 Å². The molecule has 7 nitrogen and oxygen atoms in total. The maximum atomic E-state index is 14.1. The summed E-state index contributed by atoms with van der Waals surface area (Å²) in [7, 11) is 0.972. The highest BCUT2D eigenvalue weighted by Gasteiger charge is 2.35. The number of benzene rings is 1. The summed E-state index contributed by atoms with van der Waals surface area (Å²) in [5, 5.41) is -0.577. The first-order chi connectivity index (χ1) is 11.7. The quantitative estimate of drug-likeness (QED) is 0.543. The summed E-state index contributed by atoms with van der Waals surface area (Å²) in [6.07, 6.45) is -5.01. The molecule has 0 saturated carbocycles. The summed E-state index contributed by atoms with van der Waals surface area (Å²) in [4.78, 5) is 24.1. The number of hydrogen-bond acceptors (Lipinski definition) is 5. The van der Waals surface area contributed by atoms with Crippen molar-refractivity contribution in [1.29, 1.82) is 0 Å². The number of nitrogens with zero attached hydrogens (tertiary/aromatic N) is 2. The van der Waals surface area contributed by atoms with E-state index in [1.165, 1.54) is 0 Å². The molecular formula is C12H6Cl2F4N2O5S. The number of rotatable bonds is 3. The second-order valence-electron chi connectivity index (χ2n) is 4.75. The van der Waals surface area contributed by atoms with Gasteiger partial charge in [-0.05, 0) is 6.07 Å². The van der Waals surface area contributed by atoms with Crippen molar-refractivity contribution < 1.29 is 30.2 Å². The fourth-order valence-electron chi connectivity index (χ4n) is 1.98. The van der Waals surface area contributed by atoms with Crippen molar-refractivity contribution in [1.82, 2.24) is 9.13 Å². The molecule has 0 fully saturated rings. The van der Waals surface area contributed by atoms with Crippen molar-refractivity contribution in [3.63, 3.8) is 0 Å². The van der Waals surface area contributed by atoms with Gasteiger partial charge in [0.25, 0.3) is 5.56 Å². The minimum Gasteiger partial charge on any atom is -0.369 e. The number of halogens is 6. The van der Waals surface area contributed by atoms with Crippen molar-refractivity contribution >= 4 is 31.6 Å². The third-order valence-corrected chi connectivity index (χ3v) is 3.91. The van der Waals surface area contributed by atoms with Gasteiger partial charge in [0.15, 0.2) is 5.75 Å². The summed E-state index contributed by atoms with van der Waals surface area (Å²) >= 11 is 5.58. The van der Waals surface area contributed by atoms with Crippen LogP contribution in [0.25, 0.3) is 5.69 Å². The van der Waals surface area contributed by atoms with Crippen LogP contribution in [0.2, 0.25) is 5.02 Å². The molecule has 2 rings (SSSR count). The van der Waals surface area contributed by atoms with Gasteiger partial charge in [-0.2, -0.15) is 21.6 Å². The molecule has 0 spiro atoms. The van der Waals surface area contributed by atoms with Crippen molar-refractivity contribution in [2.75, 3.05) is 0 Å². The largest absolute Gasteiger partial charge is 0.431 e. The van der Waals surface area contributed by atoms with E-state index in [2.05, 4.69) is 4.18 Å². The van der Waals surface area contributed by atoms with Gasteiger partial charge in [-0.25, -0.2) is 13.8 Å². The van der Waals surface area contributed by atoms with E-state index in [-0.39, 0.29) is 15.2 Å². The van der Waals surface area contributed by atoms with Crippen LogP contribution in [0.3, 0.4) is 0 Å². The van der Waals surface area contributed by atoms with Gasteiger partial charge in [0.2, 0.25) is 0 Å². The van der Waals surface area contributed by atoms with Crippen molar-refractivity contribution in [3.8, 4) is 11.4 Å². The molecule has 2 aromatic rings. The highest BCUT2D eigenvalue weighted by molar-refractivity contribution is 8.10. The summed E-state index contributed by atoms with van der Waals surface area (Å²) in [5.41, 5.74) is -5.49. The van der Waals surface area contributed by atoms with E-state index in [0.717, 1.165) is 7.05 Å². The van der Waals surface area contributed by atoms with E-state index in [1.807, 2.05) is 0 Å². The molecule has 0 aliphatic rings. The normalized spacial score (nSPS) is 12.3. The SMILES string of the molecule is Cn1c(C(F)(F)F)cc(=O)n(-c2cc(OS(=O)(=O)Cl)c(Cl)cc2F)c1=O. The van der Waals surface area contributed by atoms with Crippen LogP contribution in [-0.2, 0) is 22.6 Å². The van der Waals surface area contributed by atoms with Gasteiger partial charge in [0.1, 0.15) is 11.5 Å². The predicted octanol–water partition coefficient (Wildman–Crippen LogP) is 2.21. The third kappa shape index (κ3) is 4.02. The van der Waals surface area contributed by atoms with Crippen LogP contribution < -0.4 is 15.4 Å². The molecule has 1 aromatic carbocycles. The molecule has 1 aromatic heterocycles. The molecule has 0 bridgehead atoms. The topological polar surface area (TPSA) is 87.4 Å². The van der Waals surface area contributed by atoms with E-state index in [4.69, 9.17) is 22.3 Å². The van der Waals surface area contributed by atoms with Crippen molar-refractivity contribution in [2.24, 2.45) is 7.05 Å². The highest BCUT2D eigenvalue weighted by Crippen LogP contribution is 2.31. The Hall–Kier alpha value is -2.05. The smallest absolute Gasteiger partial charge is 0.369 e. The van der Waals surface area contributed by atoms with E-state index < -0.39 is 54.7 Å². The Balaban J connectivity index is 2.82. The van der Waals surface area contributed by atoms with Gasteiger partial charge in [-0.1, -0.05) is 11.6 Å². The van der Waals surface area contributed by atoms with E-state index in [1.54, 1.807) is 0 Å². The van der Waals surface area contributed by atoms with Crippen LogP contribution >= 0.6 is 22.3 Å². The molecule has 14 heteroatoms. The molecule has 1 heterocycles. The maximum absolute atomic E-state index is 14.1. The molecule has 0 unspecified atom stereocenters. The first-order valence-corrected chi connectivity index (χ1v) is 8.87. The number of alkyl halides is 3. The first kappa shape index (κ1) is 20.3. The average Bonchev–Trinajstić information content (AvgIpc) is 2.45. The maximum Gasteiger partial charge on any atom is 0.431 e. The fraction of sp³-hybridized carbons (Fsp3) is 0.167. The van der Waals surface area contributed by atoms with Gasteiger partial charge in [0.05, 0.1) is 21.4 Å². The average molecular weight is 437 g/mol. The van der Waals surface area contributed by atoms with E-state index >= 15 is 0 Å². The van der Waals surface area contributed by atoms with Crippen molar-refractivity contribution in [2.45, 2.75) is 6.18 Å². The molecular weight excluding hydrogens is 431 g/mol. The van der Waals surface area contributed by atoms with E-state index in [9.17, 15) is 35.6 Å². The molecule has 0 aliphatic carbocycles. The van der Waals surface area contributed by atoms with E-state index in [0.29, 0.717) is 12.1 Å². The lowest BCUT2D eigenvalue weighted by molar-refractivity contribution is -0.144. The van der Waals surface area contributed by atoms with Gasteiger partial charge in [0, 0.05) is 19.2 Å². The Bertz CT molecular complexity index is 1110. The number of aromatic nitrogens is 2. The lowest BCUT2D eigenvalue weighted by atomic mass is 10.2. The molecule has 0 aliphatic heterocycles. The van der Waals surface area contributed by atoms with Gasteiger partial charge < -0.3 is 4.18 Å². The summed E-state index contributed by atoms with van der Waals surface area (Å²) in [6.45, 7) is 0. The Morgan fingerprint density at radius 3 is 2.23 bits per heavy atom. The minimum absolute atomic E-state index is 0.0502. The van der Waals surface area contributed by atoms with Crippen molar-refractivity contribution in [3.05, 3.63) is 55.6 Å². The fourth-order valence-corrected chi connectivity index (χ4v) is 2.77. The molecule has 0 atom stereocenters. The van der Waals surface area contributed by atoms with Gasteiger partial charge in [-0.3, -0.25) is 9.36 Å². The van der Waals surface area contributed by atoms with Crippen LogP contribution in [0.1, 0.15) is 5.69 Å². The molecule has 0 saturated heterocycles.